The van der Waals surface area contributed by atoms with Gasteiger partial charge < -0.3 is 20.3 Å². The van der Waals surface area contributed by atoms with Crippen LogP contribution in [0.3, 0.4) is 0 Å². The monoisotopic (exact) mass is 391 g/mol. The van der Waals surface area contributed by atoms with Gasteiger partial charge in [-0.25, -0.2) is 0 Å². The molecule has 0 bridgehead atoms. The number of hydrogen-bond acceptors (Lipinski definition) is 3. The molecule has 3 rings (SSSR count). The normalized spacial score (nSPS) is 19.2. The van der Waals surface area contributed by atoms with Crippen LogP contribution in [-0.4, -0.2) is 41.3 Å². The first-order valence-electron chi connectivity index (χ1n) is 9.34. The van der Waals surface area contributed by atoms with Crippen LogP contribution in [0.5, 0.6) is 0 Å². The summed E-state index contributed by atoms with van der Waals surface area (Å²) in [5.41, 5.74) is 5.03. The first-order chi connectivity index (χ1) is 12.4. The van der Waals surface area contributed by atoms with E-state index < -0.39 is 0 Å². The lowest BCUT2D eigenvalue weighted by atomic mass is 10.0. The molecule has 2 heterocycles. The lowest BCUT2D eigenvalue weighted by molar-refractivity contribution is 0.0926. The van der Waals surface area contributed by atoms with Crippen LogP contribution in [0, 0.1) is 19.8 Å². The van der Waals surface area contributed by atoms with Gasteiger partial charge in [-0.2, -0.15) is 0 Å². The van der Waals surface area contributed by atoms with Crippen molar-refractivity contribution in [3.8, 4) is 5.69 Å². The fourth-order valence-corrected chi connectivity index (χ4v) is 3.64. The smallest absolute Gasteiger partial charge is 0.253 e. The molecule has 1 saturated heterocycles. The maximum atomic E-state index is 12.6. The zero-order valence-corrected chi connectivity index (χ0v) is 17.3. The molecule has 1 aromatic carbocycles. The summed E-state index contributed by atoms with van der Waals surface area (Å²) in [7, 11) is 0. The third-order valence-corrected chi connectivity index (χ3v) is 5.32. The van der Waals surface area contributed by atoms with Gasteiger partial charge in [-0.05, 0) is 43.5 Å². The van der Waals surface area contributed by atoms with Crippen molar-refractivity contribution in [1.29, 1.82) is 0 Å². The number of aromatic nitrogens is 1. The Morgan fingerprint density at radius 3 is 2.48 bits per heavy atom. The summed E-state index contributed by atoms with van der Waals surface area (Å²) in [4.78, 5) is 12.6. The minimum atomic E-state index is -0.387. The average Bonchev–Trinajstić information content (AvgIpc) is 3.15. The molecule has 1 aliphatic rings. The topological polar surface area (TPSA) is 66.3 Å². The summed E-state index contributed by atoms with van der Waals surface area (Å²) in [6, 6.07) is 10.4. The number of nitrogens with one attached hydrogen (secondary N) is 2. The minimum Gasteiger partial charge on any atom is -0.391 e. The number of aliphatic hydroxyl groups is 1. The van der Waals surface area contributed by atoms with E-state index >= 15 is 0 Å². The van der Waals surface area contributed by atoms with E-state index in [4.69, 9.17) is 0 Å². The van der Waals surface area contributed by atoms with E-state index in [0.29, 0.717) is 24.6 Å². The molecular weight excluding hydrogens is 362 g/mol. The third-order valence-electron chi connectivity index (χ3n) is 5.32. The molecule has 148 valence electrons. The minimum absolute atomic E-state index is 0. The summed E-state index contributed by atoms with van der Waals surface area (Å²) in [5, 5.41) is 16.0. The van der Waals surface area contributed by atoms with Crippen LogP contribution in [0.1, 0.15) is 47.1 Å². The van der Waals surface area contributed by atoms with Crippen LogP contribution in [0.25, 0.3) is 5.69 Å². The van der Waals surface area contributed by atoms with Crippen molar-refractivity contribution >= 4 is 18.3 Å². The number of carbonyl (C=O) groups is 1. The summed E-state index contributed by atoms with van der Waals surface area (Å²) in [6.07, 6.45) is -0.387. The molecule has 1 aliphatic heterocycles. The molecule has 0 saturated carbocycles. The van der Waals surface area contributed by atoms with Crippen LogP contribution < -0.4 is 10.6 Å². The van der Waals surface area contributed by atoms with Gasteiger partial charge in [-0.1, -0.05) is 26.0 Å². The Morgan fingerprint density at radius 1 is 1.26 bits per heavy atom. The highest BCUT2D eigenvalue weighted by molar-refractivity contribution is 5.95. The molecule has 1 amide bonds. The van der Waals surface area contributed by atoms with Crippen molar-refractivity contribution in [2.75, 3.05) is 19.6 Å². The van der Waals surface area contributed by atoms with E-state index in [1.54, 1.807) is 0 Å². The highest BCUT2D eigenvalue weighted by atomic mass is 35.5. The van der Waals surface area contributed by atoms with Gasteiger partial charge in [-0.3, -0.25) is 4.79 Å². The molecule has 27 heavy (non-hydrogen) atoms. The Hall–Kier alpha value is -1.82. The number of aliphatic hydroxyl groups excluding tert-OH is 1. The Labute approximate surface area is 167 Å². The first-order valence-corrected chi connectivity index (χ1v) is 9.34. The van der Waals surface area contributed by atoms with Crippen LogP contribution in [-0.2, 0) is 0 Å². The quantitative estimate of drug-likeness (QED) is 0.734. The van der Waals surface area contributed by atoms with E-state index in [0.717, 1.165) is 23.6 Å². The first kappa shape index (κ1) is 21.5. The Morgan fingerprint density at radius 2 is 1.93 bits per heavy atom. The zero-order chi connectivity index (χ0) is 18.8. The van der Waals surface area contributed by atoms with Gasteiger partial charge in [0.1, 0.15) is 0 Å². The van der Waals surface area contributed by atoms with Gasteiger partial charge in [-0.15, -0.1) is 12.4 Å². The zero-order valence-electron chi connectivity index (χ0n) is 16.5. The Bertz CT molecular complexity index is 783. The fraction of sp³-hybridized carbons (Fsp3) is 0.476. The second-order valence-corrected chi connectivity index (χ2v) is 7.56. The van der Waals surface area contributed by atoms with Gasteiger partial charge in [0.15, 0.2) is 0 Å². The number of halogens is 1. The Balaban J connectivity index is 0.00000261. The molecule has 3 N–H and O–H groups in total. The van der Waals surface area contributed by atoms with Gasteiger partial charge in [0.2, 0.25) is 0 Å². The van der Waals surface area contributed by atoms with Gasteiger partial charge in [0.05, 0.1) is 11.7 Å². The molecule has 0 spiro atoms. The van der Waals surface area contributed by atoms with Crippen LogP contribution >= 0.6 is 12.4 Å². The van der Waals surface area contributed by atoms with Crippen molar-refractivity contribution in [2.45, 2.75) is 39.7 Å². The highest BCUT2D eigenvalue weighted by Crippen LogP contribution is 2.23. The number of amides is 1. The van der Waals surface area contributed by atoms with Crippen LogP contribution in [0.2, 0.25) is 0 Å². The summed E-state index contributed by atoms with van der Waals surface area (Å²) in [5.74, 6) is 0.492. The number of nitrogens with zero attached hydrogens (tertiary/aromatic N) is 1. The summed E-state index contributed by atoms with van der Waals surface area (Å²) in [6.45, 7) is 10.2. The van der Waals surface area contributed by atoms with Gasteiger partial charge in [0.25, 0.3) is 5.91 Å². The van der Waals surface area contributed by atoms with Crippen molar-refractivity contribution in [2.24, 2.45) is 5.92 Å². The molecule has 2 atom stereocenters. The maximum absolute atomic E-state index is 12.6. The standard InChI is InChI=1S/C21H29N3O2.ClH/c1-13(2)16-5-7-18(8-6-16)24-14(3)9-19(15(24)4)21(26)23-11-17-10-22-12-20(17)25;/h5-9,13,17,20,22,25H,10-12H2,1-4H3,(H,23,26);1H. The Kier molecular flexibility index (Phi) is 7.09. The summed E-state index contributed by atoms with van der Waals surface area (Å²) >= 11 is 0. The second kappa shape index (κ2) is 8.91. The number of hydrogen-bond donors (Lipinski definition) is 3. The number of β-amino-alcohol motifs (C(OH)–C–C–N with tert-alkyl or cyclic N) is 1. The largest absolute Gasteiger partial charge is 0.391 e. The predicted molar refractivity (Wildman–Crippen MR) is 111 cm³/mol. The van der Waals surface area contributed by atoms with E-state index in [1.807, 2.05) is 19.9 Å². The highest BCUT2D eigenvalue weighted by Gasteiger charge is 2.26. The number of benzene rings is 1. The van der Waals surface area contributed by atoms with E-state index in [1.165, 1.54) is 5.56 Å². The van der Waals surface area contributed by atoms with Gasteiger partial charge >= 0.3 is 0 Å². The lowest BCUT2D eigenvalue weighted by Gasteiger charge is -2.14. The van der Waals surface area contributed by atoms with Crippen LogP contribution in [0.4, 0.5) is 0 Å². The molecule has 1 fully saturated rings. The van der Waals surface area contributed by atoms with Gasteiger partial charge in [0, 0.05) is 42.6 Å². The lowest BCUT2D eigenvalue weighted by Crippen LogP contribution is -2.34. The number of carbonyl (C=O) groups excluding carboxylic acids is 1. The predicted octanol–water partition coefficient (Wildman–Crippen LogP) is 2.95. The fourth-order valence-electron chi connectivity index (χ4n) is 3.64. The molecule has 0 radical (unpaired) electrons. The molecular formula is C21H30ClN3O2. The van der Waals surface area contributed by atoms with Crippen molar-refractivity contribution < 1.29 is 9.90 Å². The third kappa shape index (κ3) is 4.54. The average molecular weight is 392 g/mol. The molecule has 2 aromatic rings. The van der Waals surface area contributed by atoms with Crippen molar-refractivity contribution in [3.05, 3.63) is 52.8 Å². The number of rotatable bonds is 5. The molecule has 0 aliphatic carbocycles. The van der Waals surface area contributed by atoms with Crippen molar-refractivity contribution in [1.82, 2.24) is 15.2 Å². The molecule has 5 nitrogen and oxygen atoms in total. The van der Waals surface area contributed by atoms with Crippen molar-refractivity contribution in [3.63, 3.8) is 0 Å². The molecule has 6 heteroatoms. The molecule has 2 unspecified atom stereocenters. The SMILES string of the molecule is Cc1cc(C(=O)NCC2CNCC2O)c(C)n1-c1ccc(C(C)C)cc1.Cl. The molecule has 1 aromatic heterocycles. The maximum Gasteiger partial charge on any atom is 0.253 e. The van der Waals surface area contributed by atoms with E-state index in [2.05, 4.69) is 53.3 Å². The number of aryl methyl sites for hydroxylation is 1. The second-order valence-electron chi connectivity index (χ2n) is 7.56. The summed E-state index contributed by atoms with van der Waals surface area (Å²) < 4.78 is 2.12. The van der Waals surface area contributed by atoms with E-state index in [-0.39, 0.29) is 30.3 Å². The van der Waals surface area contributed by atoms with E-state index in [9.17, 15) is 9.90 Å². The van der Waals surface area contributed by atoms with Crippen LogP contribution in [0.15, 0.2) is 30.3 Å².